The lowest BCUT2D eigenvalue weighted by Crippen LogP contribution is -2.17. The average molecular weight is 224 g/mol. The third kappa shape index (κ3) is 2.63. The number of nitrogens with zero attached hydrogens (tertiary/aromatic N) is 1. The summed E-state index contributed by atoms with van der Waals surface area (Å²) in [7, 11) is 0. The van der Waals surface area contributed by atoms with Crippen LogP contribution in [0.25, 0.3) is 0 Å². The molecule has 6 heteroatoms. The van der Waals surface area contributed by atoms with Gasteiger partial charge in [0.2, 0.25) is 0 Å². The number of ketones is 1. The first-order valence-electron chi connectivity index (χ1n) is 4.54. The van der Waals surface area contributed by atoms with Gasteiger partial charge in [-0.2, -0.15) is 0 Å². The van der Waals surface area contributed by atoms with Crippen molar-refractivity contribution in [2.45, 2.75) is 6.92 Å². The molecule has 0 bridgehead atoms. The van der Waals surface area contributed by atoms with Crippen molar-refractivity contribution in [3.8, 4) is 0 Å². The largest absolute Gasteiger partial charge is 0.460 e. The van der Waals surface area contributed by atoms with E-state index in [1.807, 2.05) is 0 Å². The quantitative estimate of drug-likeness (QED) is 0.360. The summed E-state index contributed by atoms with van der Waals surface area (Å²) in [6.07, 6.45) is 0. The Balaban J connectivity index is 2.85. The van der Waals surface area contributed by atoms with Crippen molar-refractivity contribution in [2.24, 2.45) is 0 Å². The van der Waals surface area contributed by atoms with Gasteiger partial charge in [-0.25, -0.2) is 10.0 Å². The van der Waals surface area contributed by atoms with E-state index >= 15 is 0 Å². The first-order valence-corrected chi connectivity index (χ1v) is 4.54. The highest BCUT2D eigenvalue weighted by atomic mass is 16.6. The third-order valence-corrected chi connectivity index (χ3v) is 1.81. The van der Waals surface area contributed by atoms with Crippen LogP contribution in [-0.2, 0) is 9.53 Å². The zero-order valence-corrected chi connectivity index (χ0v) is 8.54. The van der Waals surface area contributed by atoms with E-state index in [1.165, 1.54) is 24.3 Å². The van der Waals surface area contributed by atoms with Gasteiger partial charge in [-0.15, -0.1) is 0 Å². The van der Waals surface area contributed by atoms with Crippen LogP contribution in [0.1, 0.15) is 17.3 Å². The summed E-state index contributed by atoms with van der Waals surface area (Å²) in [5.74, 6) is -1.73. The Bertz CT molecular complexity index is 423. The van der Waals surface area contributed by atoms with E-state index in [9.17, 15) is 14.5 Å². The van der Waals surface area contributed by atoms with E-state index in [0.717, 1.165) is 0 Å². The van der Waals surface area contributed by atoms with Crippen molar-refractivity contribution in [1.29, 1.82) is 0 Å². The van der Waals surface area contributed by atoms with Gasteiger partial charge in [0.15, 0.2) is 0 Å². The molecule has 0 spiro atoms. The topological polar surface area (TPSA) is 83.7 Å². The van der Waals surface area contributed by atoms with Crippen molar-refractivity contribution >= 4 is 17.4 Å². The van der Waals surface area contributed by atoms with E-state index in [0.29, 0.717) is 0 Å². The summed E-state index contributed by atoms with van der Waals surface area (Å²) in [6.45, 7) is 1.71. The van der Waals surface area contributed by atoms with E-state index in [4.69, 9.17) is 5.21 Å². The van der Waals surface area contributed by atoms with Crippen LogP contribution < -0.4 is 0 Å². The van der Waals surface area contributed by atoms with E-state index in [-0.39, 0.29) is 22.8 Å². The van der Waals surface area contributed by atoms with Crippen molar-refractivity contribution in [3.05, 3.63) is 34.7 Å². The van der Waals surface area contributed by atoms with Gasteiger partial charge in [0.25, 0.3) is 10.7 Å². The maximum absolute atomic E-state index is 11.4. The highest BCUT2D eigenvalue weighted by Gasteiger charge is 2.19. The molecule has 84 valence electrons. The summed E-state index contributed by atoms with van der Waals surface area (Å²) in [5, 5.41) is 8.55. The van der Waals surface area contributed by atoms with Crippen LogP contribution in [-0.4, -0.2) is 28.5 Å². The monoisotopic (exact) mass is 224 g/mol. The van der Waals surface area contributed by atoms with Gasteiger partial charge in [0.1, 0.15) is 0 Å². The molecule has 0 heterocycles. The Morgan fingerprint density at radius 2 is 1.88 bits per heavy atom. The molecule has 0 saturated carbocycles. The molecule has 1 rings (SSSR count). The van der Waals surface area contributed by atoms with Crippen molar-refractivity contribution in [2.75, 3.05) is 6.61 Å². The standard InChI is InChI=1S/C10H10NO5/c1-2-16-10(13)9(12)7-3-5-8(6-4-7)11(14)15/h3-6H,2H2,1H3,(H,14,15)/q+1. The fourth-order valence-electron chi connectivity index (χ4n) is 1.05. The van der Waals surface area contributed by atoms with Gasteiger partial charge in [-0.05, 0) is 19.1 Å². The van der Waals surface area contributed by atoms with Gasteiger partial charge in [-0.3, -0.25) is 4.79 Å². The lowest BCUT2D eigenvalue weighted by molar-refractivity contribution is -0.729. The fourth-order valence-corrected chi connectivity index (χ4v) is 1.05. The van der Waals surface area contributed by atoms with E-state index in [2.05, 4.69) is 4.74 Å². The second kappa shape index (κ2) is 5.01. The van der Waals surface area contributed by atoms with Crippen LogP contribution in [0.15, 0.2) is 24.3 Å². The van der Waals surface area contributed by atoms with Crippen molar-refractivity contribution in [3.63, 3.8) is 0 Å². The summed E-state index contributed by atoms with van der Waals surface area (Å²) in [6, 6.07) is 4.96. The van der Waals surface area contributed by atoms with Crippen LogP contribution in [0, 0.1) is 4.91 Å². The molecule has 0 unspecified atom stereocenters. The number of esters is 1. The molecule has 0 radical (unpaired) electrons. The summed E-state index contributed by atoms with van der Waals surface area (Å²) in [5.41, 5.74) is 0.0736. The Hall–Kier alpha value is -2.24. The van der Waals surface area contributed by atoms with Crippen molar-refractivity contribution < 1.29 is 24.5 Å². The molecule has 6 nitrogen and oxygen atoms in total. The second-order valence-electron chi connectivity index (χ2n) is 2.87. The first-order chi connectivity index (χ1) is 7.56. The summed E-state index contributed by atoms with van der Waals surface area (Å²) in [4.78, 5) is 32.6. The van der Waals surface area contributed by atoms with Crippen LogP contribution in [0.5, 0.6) is 0 Å². The van der Waals surface area contributed by atoms with Crippen LogP contribution in [0.3, 0.4) is 0 Å². The molecule has 0 saturated heterocycles. The molecule has 0 atom stereocenters. The molecule has 1 N–H and O–H groups in total. The maximum atomic E-state index is 11.4. The molecule has 0 aromatic heterocycles. The number of Topliss-reactive ketones (excluding diaryl/α,β-unsaturated/α-hetero) is 1. The van der Waals surface area contributed by atoms with Gasteiger partial charge in [-0.1, -0.05) is 0 Å². The van der Waals surface area contributed by atoms with Gasteiger partial charge in [0, 0.05) is 17.7 Å². The predicted molar refractivity (Wildman–Crippen MR) is 52.5 cm³/mol. The number of ether oxygens (including phenoxy) is 1. The average Bonchev–Trinajstić information content (AvgIpc) is 2.28. The molecule has 0 amide bonds. The summed E-state index contributed by atoms with van der Waals surface area (Å²) >= 11 is 0. The number of benzene rings is 1. The minimum atomic E-state index is -0.946. The van der Waals surface area contributed by atoms with Crippen LogP contribution >= 0.6 is 0 Å². The lowest BCUT2D eigenvalue weighted by atomic mass is 10.1. The number of rotatable bonds is 4. The van der Waals surface area contributed by atoms with Crippen LogP contribution in [0.4, 0.5) is 5.69 Å². The maximum Gasteiger partial charge on any atom is 0.379 e. The number of carbonyl (C=O) groups is 2. The molecule has 1 aromatic carbocycles. The van der Waals surface area contributed by atoms with E-state index < -0.39 is 11.8 Å². The molecule has 1 aromatic rings. The zero-order valence-electron chi connectivity index (χ0n) is 8.54. The second-order valence-corrected chi connectivity index (χ2v) is 2.87. The highest BCUT2D eigenvalue weighted by molar-refractivity contribution is 6.40. The predicted octanol–water partition coefficient (Wildman–Crippen LogP) is 1.23. The fraction of sp³-hybridized carbons (Fsp3) is 0.200. The minimum Gasteiger partial charge on any atom is -0.460 e. The smallest absolute Gasteiger partial charge is 0.379 e. The summed E-state index contributed by atoms with van der Waals surface area (Å²) < 4.78 is 4.53. The Kier molecular flexibility index (Phi) is 3.71. The normalized spacial score (nSPS) is 9.56. The van der Waals surface area contributed by atoms with Gasteiger partial charge < -0.3 is 4.74 Å². The number of hydrogen-bond donors (Lipinski definition) is 1. The zero-order chi connectivity index (χ0) is 12.1. The van der Waals surface area contributed by atoms with Crippen molar-refractivity contribution in [1.82, 2.24) is 0 Å². The third-order valence-electron chi connectivity index (χ3n) is 1.81. The van der Waals surface area contributed by atoms with Crippen LogP contribution in [0.2, 0.25) is 0 Å². The number of hydrogen-bond acceptors (Lipinski definition) is 4. The Morgan fingerprint density at radius 3 is 2.31 bits per heavy atom. The molecule has 0 aliphatic heterocycles. The molecule has 0 fully saturated rings. The highest BCUT2D eigenvalue weighted by Crippen LogP contribution is 2.12. The lowest BCUT2D eigenvalue weighted by Gasteiger charge is -1.99. The molecular weight excluding hydrogens is 214 g/mol. The van der Waals surface area contributed by atoms with Gasteiger partial charge >= 0.3 is 11.7 Å². The minimum absolute atomic E-state index is 0.0274. The van der Waals surface area contributed by atoms with E-state index in [1.54, 1.807) is 6.92 Å². The first kappa shape index (κ1) is 11.8. The molecular formula is C10H10NO5+. The Labute approximate surface area is 91.0 Å². The molecule has 0 aliphatic carbocycles. The molecule has 0 aliphatic rings. The molecule has 16 heavy (non-hydrogen) atoms. The number of carbonyl (C=O) groups excluding carboxylic acids is 2. The SMILES string of the molecule is CCOC(=O)C(=O)c1ccc([N+](=O)O)cc1. The Morgan fingerprint density at radius 1 is 1.31 bits per heavy atom. The van der Waals surface area contributed by atoms with Gasteiger partial charge in [0.05, 0.1) is 11.5 Å².